The molecule has 0 aromatic rings. The van der Waals surface area contributed by atoms with E-state index >= 15 is 0 Å². The van der Waals surface area contributed by atoms with Gasteiger partial charge in [-0.15, -0.1) is 0 Å². The largest absolute Gasteiger partial charge is 0.0928 e. The molecule has 0 aromatic carbocycles. The molecule has 1 rings (SSSR count). The maximum absolute atomic E-state index is 3.49. The summed E-state index contributed by atoms with van der Waals surface area (Å²) in [5.41, 5.74) is 0. The van der Waals surface area contributed by atoms with Crippen LogP contribution in [0, 0.1) is 11.8 Å². The normalized spacial score (nSPS) is 32.2. The van der Waals surface area contributed by atoms with Crippen molar-refractivity contribution in [3.8, 4) is 0 Å². The molecular formula is C10H19Br. The number of halogens is 1. The second kappa shape index (κ2) is 5.18. The summed E-state index contributed by atoms with van der Waals surface area (Å²) in [6.07, 6.45) is 8.78. The smallest absolute Gasteiger partial charge is 0.00314 e. The van der Waals surface area contributed by atoms with Crippen molar-refractivity contribution in [1.82, 2.24) is 0 Å². The third kappa shape index (κ3) is 3.59. The molecule has 0 amide bonds. The number of alkyl halides is 1. The molecule has 0 bridgehead atoms. The van der Waals surface area contributed by atoms with E-state index in [1.165, 1.54) is 43.9 Å². The number of hydrogen-bond acceptors (Lipinski definition) is 0. The summed E-state index contributed by atoms with van der Waals surface area (Å²) in [7, 11) is 0. The van der Waals surface area contributed by atoms with Crippen LogP contribution in [0.1, 0.15) is 45.4 Å². The molecule has 0 spiro atoms. The minimum atomic E-state index is 1.01. The third-order valence-corrected chi connectivity index (χ3v) is 3.44. The highest BCUT2D eigenvalue weighted by molar-refractivity contribution is 9.09. The van der Waals surface area contributed by atoms with Gasteiger partial charge in [0.2, 0.25) is 0 Å². The van der Waals surface area contributed by atoms with Gasteiger partial charge in [0.15, 0.2) is 0 Å². The Balaban J connectivity index is 2.07. The second-order valence-electron chi connectivity index (χ2n) is 3.96. The van der Waals surface area contributed by atoms with E-state index < -0.39 is 0 Å². The highest BCUT2D eigenvalue weighted by atomic mass is 79.9. The Morgan fingerprint density at radius 1 is 1.18 bits per heavy atom. The molecule has 0 nitrogen and oxygen atoms in total. The van der Waals surface area contributed by atoms with Crippen LogP contribution in [-0.2, 0) is 0 Å². The predicted octanol–water partition coefficient (Wildman–Crippen LogP) is 3.99. The summed E-state index contributed by atoms with van der Waals surface area (Å²) in [4.78, 5) is 0. The van der Waals surface area contributed by atoms with E-state index in [4.69, 9.17) is 0 Å². The van der Waals surface area contributed by atoms with Gasteiger partial charge in [-0.3, -0.25) is 0 Å². The molecule has 1 saturated carbocycles. The molecule has 1 heteroatoms. The van der Waals surface area contributed by atoms with Crippen molar-refractivity contribution >= 4 is 15.9 Å². The topological polar surface area (TPSA) is 0 Å². The average molecular weight is 219 g/mol. The van der Waals surface area contributed by atoms with Crippen molar-refractivity contribution in [2.45, 2.75) is 45.4 Å². The summed E-state index contributed by atoms with van der Waals surface area (Å²) in [6.45, 7) is 2.39. The fraction of sp³-hybridized carbons (Fsp3) is 1.00. The maximum atomic E-state index is 3.49. The van der Waals surface area contributed by atoms with Crippen molar-refractivity contribution in [2.24, 2.45) is 11.8 Å². The molecule has 0 aromatic heterocycles. The van der Waals surface area contributed by atoms with Crippen molar-refractivity contribution < 1.29 is 0 Å². The quantitative estimate of drug-likeness (QED) is 0.629. The molecule has 1 fully saturated rings. The van der Waals surface area contributed by atoms with E-state index in [2.05, 4.69) is 22.9 Å². The molecule has 0 radical (unpaired) electrons. The molecule has 0 saturated heterocycles. The molecule has 0 heterocycles. The van der Waals surface area contributed by atoms with Gasteiger partial charge >= 0.3 is 0 Å². The minimum Gasteiger partial charge on any atom is -0.0928 e. The Kier molecular flexibility index (Phi) is 4.51. The highest BCUT2D eigenvalue weighted by Crippen LogP contribution is 2.30. The van der Waals surface area contributed by atoms with Crippen LogP contribution >= 0.6 is 15.9 Å². The highest BCUT2D eigenvalue weighted by Gasteiger charge is 2.16. The minimum absolute atomic E-state index is 1.01. The van der Waals surface area contributed by atoms with Gasteiger partial charge in [-0.05, 0) is 24.7 Å². The standard InChI is InChI=1S/C10H19Br/c1-9-4-6-10(7-5-9)3-2-8-11/h9-10H,2-8H2,1H3. The van der Waals surface area contributed by atoms with E-state index in [0.717, 1.165) is 11.8 Å². The van der Waals surface area contributed by atoms with Crippen LogP contribution in [0.4, 0.5) is 0 Å². The van der Waals surface area contributed by atoms with Crippen LogP contribution in [0.5, 0.6) is 0 Å². The predicted molar refractivity (Wildman–Crippen MR) is 54.2 cm³/mol. The lowest BCUT2D eigenvalue weighted by molar-refractivity contribution is 0.276. The summed E-state index contributed by atoms with van der Waals surface area (Å²) in [6, 6.07) is 0. The van der Waals surface area contributed by atoms with E-state index in [0.29, 0.717) is 0 Å². The molecule has 66 valence electrons. The molecule has 1 aliphatic rings. The van der Waals surface area contributed by atoms with Crippen LogP contribution in [0.2, 0.25) is 0 Å². The monoisotopic (exact) mass is 218 g/mol. The lowest BCUT2D eigenvalue weighted by atomic mass is 9.81. The van der Waals surface area contributed by atoms with Crippen LogP contribution in [0.25, 0.3) is 0 Å². The third-order valence-electron chi connectivity index (χ3n) is 2.88. The lowest BCUT2D eigenvalue weighted by Crippen LogP contribution is -2.12. The zero-order valence-corrected chi connectivity index (χ0v) is 9.07. The van der Waals surface area contributed by atoms with Gasteiger partial charge in [0.1, 0.15) is 0 Å². The number of rotatable bonds is 3. The molecule has 0 N–H and O–H groups in total. The van der Waals surface area contributed by atoms with E-state index in [9.17, 15) is 0 Å². The fourth-order valence-corrected chi connectivity index (χ4v) is 2.31. The Hall–Kier alpha value is 0.480. The molecule has 1 aliphatic carbocycles. The molecule has 0 unspecified atom stereocenters. The Morgan fingerprint density at radius 2 is 1.82 bits per heavy atom. The van der Waals surface area contributed by atoms with Gasteiger partial charge in [0, 0.05) is 5.33 Å². The summed E-state index contributed by atoms with van der Waals surface area (Å²) < 4.78 is 0. The zero-order chi connectivity index (χ0) is 8.10. The molecule has 0 aliphatic heterocycles. The molecule has 11 heavy (non-hydrogen) atoms. The van der Waals surface area contributed by atoms with Crippen LogP contribution in [-0.4, -0.2) is 5.33 Å². The van der Waals surface area contributed by atoms with Gasteiger partial charge in [0.05, 0.1) is 0 Å². The van der Waals surface area contributed by atoms with Crippen molar-refractivity contribution in [1.29, 1.82) is 0 Å². The van der Waals surface area contributed by atoms with Crippen molar-refractivity contribution in [3.05, 3.63) is 0 Å². The maximum Gasteiger partial charge on any atom is 0.00314 e. The Labute approximate surface area is 78.9 Å². The molecule has 0 atom stereocenters. The lowest BCUT2D eigenvalue weighted by Gasteiger charge is -2.25. The summed E-state index contributed by atoms with van der Waals surface area (Å²) in [5.74, 6) is 2.07. The van der Waals surface area contributed by atoms with Gasteiger partial charge in [-0.25, -0.2) is 0 Å². The van der Waals surface area contributed by atoms with Gasteiger partial charge in [-0.1, -0.05) is 48.5 Å². The van der Waals surface area contributed by atoms with E-state index in [1.807, 2.05) is 0 Å². The Morgan fingerprint density at radius 3 is 2.36 bits per heavy atom. The van der Waals surface area contributed by atoms with Crippen molar-refractivity contribution in [3.63, 3.8) is 0 Å². The summed E-state index contributed by atoms with van der Waals surface area (Å²) >= 11 is 3.49. The van der Waals surface area contributed by atoms with Crippen LogP contribution < -0.4 is 0 Å². The second-order valence-corrected chi connectivity index (χ2v) is 4.75. The summed E-state index contributed by atoms with van der Waals surface area (Å²) in [5, 5.41) is 1.19. The Bertz CT molecular complexity index is 90.3. The average Bonchev–Trinajstić information content (AvgIpc) is 2.04. The molecular weight excluding hydrogens is 200 g/mol. The van der Waals surface area contributed by atoms with Crippen LogP contribution in [0.3, 0.4) is 0 Å². The van der Waals surface area contributed by atoms with Gasteiger partial charge in [-0.2, -0.15) is 0 Å². The van der Waals surface area contributed by atoms with Crippen LogP contribution in [0.15, 0.2) is 0 Å². The first-order valence-electron chi connectivity index (χ1n) is 4.89. The zero-order valence-electron chi connectivity index (χ0n) is 7.48. The van der Waals surface area contributed by atoms with Crippen molar-refractivity contribution in [2.75, 3.05) is 5.33 Å². The van der Waals surface area contributed by atoms with E-state index in [1.54, 1.807) is 0 Å². The van der Waals surface area contributed by atoms with E-state index in [-0.39, 0.29) is 0 Å². The van der Waals surface area contributed by atoms with Gasteiger partial charge < -0.3 is 0 Å². The van der Waals surface area contributed by atoms with Gasteiger partial charge in [0.25, 0.3) is 0 Å². The number of hydrogen-bond donors (Lipinski definition) is 0. The first kappa shape index (κ1) is 9.57. The SMILES string of the molecule is CC1CCC(CCCBr)CC1. The first-order chi connectivity index (χ1) is 5.33. The fourth-order valence-electron chi connectivity index (χ4n) is 1.98. The first-order valence-corrected chi connectivity index (χ1v) is 6.01.